The number of nitrogens with zero attached hydrogens (tertiary/aromatic N) is 2. The Balaban J connectivity index is 2.75. The summed E-state index contributed by atoms with van der Waals surface area (Å²) in [7, 11) is 0. The van der Waals surface area contributed by atoms with Gasteiger partial charge < -0.3 is 4.98 Å². The minimum Gasteiger partial charge on any atom is -0.345 e. The van der Waals surface area contributed by atoms with Crippen LogP contribution in [0, 0.1) is 18.3 Å². The van der Waals surface area contributed by atoms with E-state index in [1.165, 1.54) is 4.40 Å². The number of nitrogens with one attached hydrogen (secondary N) is 1. The lowest BCUT2D eigenvalue weighted by atomic mass is 10.0. The molecular weight excluding hydrogens is 214 g/mol. The molecule has 0 unspecified atom stereocenters. The zero-order valence-corrected chi connectivity index (χ0v) is 10.1. The molecule has 17 heavy (non-hydrogen) atoms. The van der Waals surface area contributed by atoms with Crippen molar-refractivity contribution in [2.75, 3.05) is 0 Å². The van der Waals surface area contributed by atoms with Crippen LogP contribution in [-0.2, 0) is 6.42 Å². The van der Waals surface area contributed by atoms with Gasteiger partial charge in [-0.15, -0.1) is 0 Å². The van der Waals surface area contributed by atoms with Crippen molar-refractivity contribution in [2.45, 2.75) is 33.1 Å². The molecule has 0 atom stereocenters. The first-order chi connectivity index (χ1) is 8.20. The van der Waals surface area contributed by atoms with Crippen LogP contribution >= 0.6 is 0 Å². The van der Waals surface area contributed by atoms with Crippen molar-refractivity contribution < 1.29 is 0 Å². The molecule has 0 fully saturated rings. The van der Waals surface area contributed by atoms with Crippen molar-refractivity contribution in [1.82, 2.24) is 9.38 Å². The second-order valence-electron chi connectivity index (χ2n) is 4.18. The van der Waals surface area contributed by atoms with E-state index in [1.54, 1.807) is 12.4 Å². The van der Waals surface area contributed by atoms with Crippen LogP contribution < -0.4 is 5.56 Å². The molecule has 2 rings (SSSR count). The smallest absolute Gasteiger partial charge is 0.259 e. The highest BCUT2D eigenvalue weighted by Crippen LogP contribution is 2.16. The molecule has 2 aromatic rings. The van der Waals surface area contributed by atoms with Crippen LogP contribution in [0.4, 0.5) is 0 Å². The number of aromatic amines is 1. The molecule has 88 valence electrons. The van der Waals surface area contributed by atoms with Crippen molar-refractivity contribution in [3.05, 3.63) is 39.4 Å². The third-order valence-electron chi connectivity index (χ3n) is 3.12. The molecule has 0 aromatic carbocycles. The Morgan fingerprint density at radius 2 is 2.29 bits per heavy atom. The lowest BCUT2D eigenvalue weighted by Crippen LogP contribution is -2.20. The van der Waals surface area contributed by atoms with E-state index in [0.717, 1.165) is 30.4 Å². The maximum Gasteiger partial charge on any atom is 0.259 e. The van der Waals surface area contributed by atoms with Gasteiger partial charge >= 0.3 is 0 Å². The zero-order valence-electron chi connectivity index (χ0n) is 10.1. The lowest BCUT2D eigenvalue weighted by molar-refractivity contribution is 0.778. The summed E-state index contributed by atoms with van der Waals surface area (Å²) < 4.78 is 1.52. The summed E-state index contributed by atoms with van der Waals surface area (Å²) in [6.07, 6.45) is 6.10. The summed E-state index contributed by atoms with van der Waals surface area (Å²) in [5, 5.41) is 9.19. The number of fused-ring (bicyclic) bond motifs is 1. The fourth-order valence-electron chi connectivity index (χ4n) is 2.12. The summed E-state index contributed by atoms with van der Waals surface area (Å²) >= 11 is 0. The van der Waals surface area contributed by atoms with Gasteiger partial charge in [0, 0.05) is 18.0 Å². The third kappa shape index (κ3) is 1.74. The van der Waals surface area contributed by atoms with Gasteiger partial charge in [0.25, 0.3) is 5.56 Å². The monoisotopic (exact) mass is 229 g/mol. The van der Waals surface area contributed by atoms with E-state index < -0.39 is 0 Å². The Hall–Kier alpha value is -2.02. The van der Waals surface area contributed by atoms with Crippen molar-refractivity contribution in [2.24, 2.45) is 0 Å². The molecule has 0 saturated heterocycles. The van der Waals surface area contributed by atoms with Crippen LogP contribution in [0.3, 0.4) is 0 Å². The summed E-state index contributed by atoms with van der Waals surface area (Å²) in [4.78, 5) is 15.2. The van der Waals surface area contributed by atoms with Crippen LogP contribution in [0.15, 0.2) is 17.2 Å². The number of aromatic nitrogens is 2. The molecule has 4 heteroatoms. The van der Waals surface area contributed by atoms with Gasteiger partial charge in [-0.1, -0.05) is 13.3 Å². The molecular formula is C13H15N3O. The first kappa shape index (κ1) is 11.5. The predicted molar refractivity (Wildman–Crippen MR) is 66.1 cm³/mol. The number of nitriles is 1. The molecule has 0 bridgehead atoms. The molecule has 2 heterocycles. The van der Waals surface area contributed by atoms with Gasteiger partial charge in [-0.25, -0.2) is 0 Å². The summed E-state index contributed by atoms with van der Waals surface area (Å²) in [5.41, 5.74) is 2.73. The van der Waals surface area contributed by atoms with Gasteiger partial charge in [0.05, 0.1) is 5.56 Å². The van der Waals surface area contributed by atoms with E-state index in [1.807, 2.05) is 6.92 Å². The Morgan fingerprint density at radius 1 is 1.53 bits per heavy atom. The highest BCUT2D eigenvalue weighted by atomic mass is 16.1. The zero-order chi connectivity index (χ0) is 12.4. The fourth-order valence-corrected chi connectivity index (χ4v) is 2.12. The maximum atomic E-state index is 12.2. The van der Waals surface area contributed by atoms with Gasteiger partial charge in [-0.2, -0.15) is 5.26 Å². The highest BCUT2D eigenvalue weighted by Gasteiger charge is 2.14. The van der Waals surface area contributed by atoms with Gasteiger partial charge in [0.2, 0.25) is 0 Å². The summed E-state index contributed by atoms with van der Waals surface area (Å²) in [6.45, 7) is 3.94. The van der Waals surface area contributed by atoms with Gasteiger partial charge in [-0.3, -0.25) is 9.20 Å². The van der Waals surface area contributed by atoms with Gasteiger partial charge in [-0.05, 0) is 25.3 Å². The molecule has 0 amide bonds. The Morgan fingerprint density at radius 3 is 2.94 bits per heavy atom. The van der Waals surface area contributed by atoms with Crippen molar-refractivity contribution >= 4 is 5.65 Å². The van der Waals surface area contributed by atoms with Crippen LogP contribution in [0.1, 0.15) is 36.5 Å². The van der Waals surface area contributed by atoms with E-state index in [4.69, 9.17) is 0 Å². The average molecular weight is 229 g/mol. The molecule has 0 radical (unpaired) electrons. The fraction of sp³-hybridized carbons (Fsp3) is 0.385. The van der Waals surface area contributed by atoms with E-state index in [-0.39, 0.29) is 5.56 Å². The minimum absolute atomic E-state index is 0.00815. The van der Waals surface area contributed by atoms with Gasteiger partial charge in [0.15, 0.2) is 0 Å². The van der Waals surface area contributed by atoms with Crippen molar-refractivity contribution in [3.63, 3.8) is 0 Å². The van der Waals surface area contributed by atoms with Crippen LogP contribution in [-0.4, -0.2) is 9.38 Å². The summed E-state index contributed by atoms with van der Waals surface area (Å²) in [6, 6.07) is 2.18. The van der Waals surface area contributed by atoms with E-state index in [2.05, 4.69) is 18.0 Å². The molecule has 0 aliphatic heterocycles. The Kier molecular flexibility index (Phi) is 3.01. The van der Waals surface area contributed by atoms with E-state index in [0.29, 0.717) is 11.2 Å². The number of hydrogen-bond acceptors (Lipinski definition) is 2. The molecule has 0 aliphatic carbocycles. The molecule has 0 spiro atoms. The number of H-pyrrole nitrogens is 1. The highest BCUT2D eigenvalue weighted by molar-refractivity contribution is 5.60. The normalized spacial score (nSPS) is 10.6. The number of imidazole rings is 1. The predicted octanol–water partition coefficient (Wildman–Crippen LogP) is 2.15. The SMILES string of the molecule is CCCCc1c(C)c(C#N)c2[nH]ccn2c1=O. The largest absolute Gasteiger partial charge is 0.345 e. The Labute approximate surface area is 99.5 Å². The number of hydrogen-bond donors (Lipinski definition) is 1. The molecule has 4 nitrogen and oxygen atoms in total. The lowest BCUT2D eigenvalue weighted by Gasteiger charge is -2.07. The molecule has 0 aliphatic rings. The quantitative estimate of drug-likeness (QED) is 0.876. The first-order valence-electron chi connectivity index (χ1n) is 5.82. The van der Waals surface area contributed by atoms with Crippen LogP contribution in [0.5, 0.6) is 0 Å². The van der Waals surface area contributed by atoms with Crippen molar-refractivity contribution in [1.29, 1.82) is 5.26 Å². The molecule has 0 saturated carbocycles. The number of pyridine rings is 1. The molecule has 2 aromatic heterocycles. The van der Waals surface area contributed by atoms with Crippen molar-refractivity contribution in [3.8, 4) is 6.07 Å². The van der Waals surface area contributed by atoms with Gasteiger partial charge in [0.1, 0.15) is 11.7 Å². The summed E-state index contributed by atoms with van der Waals surface area (Å²) in [5.74, 6) is 0. The second kappa shape index (κ2) is 4.46. The molecule has 1 N–H and O–H groups in total. The number of unbranched alkanes of at least 4 members (excludes halogenated alkanes) is 1. The minimum atomic E-state index is -0.00815. The second-order valence-corrected chi connectivity index (χ2v) is 4.18. The van der Waals surface area contributed by atoms with Crippen LogP contribution in [0.2, 0.25) is 0 Å². The standard InChI is InChI=1S/C13H15N3O/c1-3-4-5-10-9(2)11(8-14)12-15-6-7-16(12)13(10)17/h6-7,15H,3-5H2,1-2H3. The van der Waals surface area contributed by atoms with Crippen LogP contribution in [0.25, 0.3) is 5.65 Å². The average Bonchev–Trinajstić information content (AvgIpc) is 2.79. The van der Waals surface area contributed by atoms with E-state index in [9.17, 15) is 10.1 Å². The third-order valence-corrected chi connectivity index (χ3v) is 3.12. The Bertz CT molecular complexity index is 643. The van der Waals surface area contributed by atoms with E-state index >= 15 is 0 Å². The first-order valence-corrected chi connectivity index (χ1v) is 5.82. The topological polar surface area (TPSA) is 61.1 Å². The maximum absolute atomic E-state index is 12.2. The number of rotatable bonds is 3.